The molecule has 2 rings (SSSR count). The molecule has 0 radical (unpaired) electrons. The summed E-state index contributed by atoms with van der Waals surface area (Å²) < 4.78 is 0. The molecule has 0 saturated carbocycles. The van der Waals surface area contributed by atoms with Crippen molar-refractivity contribution in [3.8, 4) is 0 Å². The van der Waals surface area contributed by atoms with Crippen molar-refractivity contribution in [2.75, 3.05) is 20.1 Å². The van der Waals surface area contributed by atoms with Crippen molar-refractivity contribution in [1.29, 1.82) is 0 Å². The minimum absolute atomic E-state index is 0.00683. The van der Waals surface area contributed by atoms with E-state index in [1.807, 2.05) is 25.1 Å². The van der Waals surface area contributed by atoms with E-state index < -0.39 is 0 Å². The molecule has 1 aliphatic heterocycles. The molecule has 1 aromatic carbocycles. The van der Waals surface area contributed by atoms with Gasteiger partial charge in [-0.15, -0.1) is 12.6 Å². The van der Waals surface area contributed by atoms with E-state index in [1.165, 1.54) is 19.3 Å². The number of nitrogens with one attached hydrogen (secondary N) is 1. The van der Waals surface area contributed by atoms with Gasteiger partial charge in [-0.05, 0) is 51.1 Å². The second kappa shape index (κ2) is 6.44. The molecule has 1 unspecified atom stereocenters. The number of aryl methyl sites for hydroxylation is 1. The number of carbonyl (C=O) groups is 1. The van der Waals surface area contributed by atoms with Crippen molar-refractivity contribution < 1.29 is 4.79 Å². The third-order valence-corrected chi connectivity index (χ3v) is 4.16. The van der Waals surface area contributed by atoms with Crippen LogP contribution in [0.15, 0.2) is 23.1 Å². The number of thiol groups is 1. The predicted octanol–water partition coefficient (Wildman–Crippen LogP) is 2.50. The molecule has 4 heteroatoms. The number of rotatable bonds is 3. The first-order chi connectivity index (χ1) is 9.08. The first kappa shape index (κ1) is 14.4. The van der Waals surface area contributed by atoms with E-state index in [4.69, 9.17) is 0 Å². The van der Waals surface area contributed by atoms with Crippen LogP contribution in [0.2, 0.25) is 0 Å². The maximum Gasteiger partial charge on any atom is 0.251 e. The summed E-state index contributed by atoms with van der Waals surface area (Å²) in [5, 5.41) is 3.05. The van der Waals surface area contributed by atoms with Crippen LogP contribution >= 0.6 is 12.6 Å². The Morgan fingerprint density at radius 2 is 2.26 bits per heavy atom. The minimum Gasteiger partial charge on any atom is -0.350 e. The SMILES string of the molecule is Cc1ccc(S)cc1C(=O)NCC1CCCCN1C. The molecule has 104 valence electrons. The van der Waals surface area contributed by atoms with E-state index in [0.29, 0.717) is 6.04 Å². The van der Waals surface area contributed by atoms with Crippen LogP contribution in [0.3, 0.4) is 0 Å². The predicted molar refractivity (Wildman–Crippen MR) is 81.0 cm³/mol. The molecule has 1 heterocycles. The Balaban J connectivity index is 1.95. The summed E-state index contributed by atoms with van der Waals surface area (Å²) in [6.07, 6.45) is 3.69. The molecule has 0 spiro atoms. The van der Waals surface area contributed by atoms with Gasteiger partial charge in [-0.2, -0.15) is 0 Å². The lowest BCUT2D eigenvalue weighted by Crippen LogP contribution is -2.44. The summed E-state index contributed by atoms with van der Waals surface area (Å²) in [5.41, 5.74) is 1.72. The number of carbonyl (C=O) groups excluding carboxylic acids is 1. The first-order valence-corrected chi connectivity index (χ1v) is 7.30. The Morgan fingerprint density at radius 1 is 1.47 bits per heavy atom. The van der Waals surface area contributed by atoms with Crippen LogP contribution in [0.5, 0.6) is 0 Å². The number of likely N-dealkylation sites (N-methyl/N-ethyl adjacent to an activating group) is 1. The van der Waals surface area contributed by atoms with Crippen molar-refractivity contribution in [1.82, 2.24) is 10.2 Å². The van der Waals surface area contributed by atoms with Gasteiger partial charge in [0.1, 0.15) is 0 Å². The van der Waals surface area contributed by atoms with Crippen molar-refractivity contribution in [2.24, 2.45) is 0 Å². The number of piperidine rings is 1. The molecule has 19 heavy (non-hydrogen) atoms. The van der Waals surface area contributed by atoms with Gasteiger partial charge in [0.2, 0.25) is 0 Å². The summed E-state index contributed by atoms with van der Waals surface area (Å²) in [5.74, 6) is 0.00683. The molecule has 1 fully saturated rings. The molecule has 1 saturated heterocycles. The molecule has 3 nitrogen and oxygen atoms in total. The fraction of sp³-hybridized carbons (Fsp3) is 0.533. The summed E-state index contributed by atoms with van der Waals surface area (Å²) in [6, 6.07) is 6.14. The highest BCUT2D eigenvalue weighted by atomic mass is 32.1. The number of hydrogen-bond donors (Lipinski definition) is 2. The molecule has 0 aromatic heterocycles. The fourth-order valence-electron chi connectivity index (χ4n) is 2.56. The number of likely N-dealkylation sites (tertiary alicyclic amines) is 1. The Hall–Kier alpha value is -1.00. The number of benzene rings is 1. The van der Waals surface area contributed by atoms with Crippen LogP contribution in [0.4, 0.5) is 0 Å². The largest absolute Gasteiger partial charge is 0.350 e. The number of amides is 1. The van der Waals surface area contributed by atoms with E-state index in [-0.39, 0.29) is 5.91 Å². The van der Waals surface area contributed by atoms with Crippen molar-refractivity contribution in [3.63, 3.8) is 0 Å². The van der Waals surface area contributed by atoms with Crippen LogP contribution in [0.25, 0.3) is 0 Å². The van der Waals surface area contributed by atoms with Crippen molar-refractivity contribution in [2.45, 2.75) is 37.1 Å². The maximum atomic E-state index is 12.2. The molecule has 1 aromatic rings. The Bertz CT molecular complexity index is 461. The second-order valence-electron chi connectivity index (χ2n) is 5.34. The van der Waals surface area contributed by atoms with E-state index in [2.05, 4.69) is 29.9 Å². The van der Waals surface area contributed by atoms with Gasteiger partial charge in [-0.25, -0.2) is 0 Å². The van der Waals surface area contributed by atoms with E-state index in [1.54, 1.807) is 0 Å². The van der Waals surface area contributed by atoms with Gasteiger partial charge in [0.15, 0.2) is 0 Å². The second-order valence-corrected chi connectivity index (χ2v) is 5.86. The van der Waals surface area contributed by atoms with Gasteiger partial charge in [0.05, 0.1) is 0 Å². The fourth-order valence-corrected chi connectivity index (χ4v) is 2.77. The van der Waals surface area contributed by atoms with Crippen LogP contribution in [-0.4, -0.2) is 37.0 Å². The molecule has 1 amide bonds. The molecular weight excluding hydrogens is 256 g/mol. The van der Waals surface area contributed by atoms with Crippen molar-refractivity contribution >= 4 is 18.5 Å². The third-order valence-electron chi connectivity index (χ3n) is 3.89. The lowest BCUT2D eigenvalue weighted by molar-refractivity contribution is 0.0927. The van der Waals surface area contributed by atoms with Gasteiger partial charge in [-0.1, -0.05) is 12.5 Å². The molecule has 1 aliphatic rings. The minimum atomic E-state index is 0.00683. The van der Waals surface area contributed by atoms with Gasteiger partial charge in [0.25, 0.3) is 5.91 Å². The first-order valence-electron chi connectivity index (χ1n) is 6.86. The van der Waals surface area contributed by atoms with Crippen molar-refractivity contribution in [3.05, 3.63) is 29.3 Å². The van der Waals surface area contributed by atoms with Crippen LogP contribution in [0, 0.1) is 6.92 Å². The zero-order valence-corrected chi connectivity index (χ0v) is 12.5. The quantitative estimate of drug-likeness (QED) is 0.833. The normalized spacial score (nSPS) is 20.3. The summed E-state index contributed by atoms with van der Waals surface area (Å²) in [6.45, 7) is 3.81. The zero-order valence-electron chi connectivity index (χ0n) is 11.6. The Labute approximate surface area is 120 Å². The summed E-state index contributed by atoms with van der Waals surface area (Å²) >= 11 is 4.29. The Kier molecular flexibility index (Phi) is 4.88. The highest BCUT2D eigenvalue weighted by molar-refractivity contribution is 7.80. The van der Waals surface area contributed by atoms with E-state index in [9.17, 15) is 4.79 Å². The summed E-state index contributed by atoms with van der Waals surface area (Å²) in [4.78, 5) is 15.4. The van der Waals surface area contributed by atoms with Gasteiger partial charge in [-0.3, -0.25) is 4.79 Å². The van der Waals surface area contributed by atoms with Gasteiger partial charge in [0, 0.05) is 23.0 Å². The standard InChI is InChI=1S/C15H22N2OS/c1-11-6-7-13(19)9-14(11)15(18)16-10-12-5-3-4-8-17(12)2/h6-7,9,12,19H,3-5,8,10H2,1-2H3,(H,16,18). The van der Waals surface area contributed by atoms with E-state index in [0.717, 1.165) is 29.1 Å². The van der Waals surface area contributed by atoms with Crippen LogP contribution in [0.1, 0.15) is 35.2 Å². The molecule has 1 atom stereocenters. The highest BCUT2D eigenvalue weighted by Crippen LogP contribution is 2.16. The molecular formula is C15H22N2OS. The third kappa shape index (κ3) is 3.74. The summed E-state index contributed by atoms with van der Waals surface area (Å²) in [7, 11) is 2.13. The van der Waals surface area contributed by atoms with Crippen LogP contribution in [-0.2, 0) is 0 Å². The Morgan fingerprint density at radius 3 is 3.00 bits per heavy atom. The van der Waals surface area contributed by atoms with Crippen LogP contribution < -0.4 is 5.32 Å². The molecule has 1 N–H and O–H groups in total. The number of nitrogens with zero attached hydrogens (tertiary/aromatic N) is 1. The highest BCUT2D eigenvalue weighted by Gasteiger charge is 2.19. The zero-order chi connectivity index (χ0) is 13.8. The average molecular weight is 278 g/mol. The monoisotopic (exact) mass is 278 g/mol. The van der Waals surface area contributed by atoms with E-state index >= 15 is 0 Å². The lowest BCUT2D eigenvalue weighted by Gasteiger charge is -2.32. The topological polar surface area (TPSA) is 32.3 Å². The average Bonchev–Trinajstić information content (AvgIpc) is 2.40. The molecule has 0 bridgehead atoms. The van der Waals surface area contributed by atoms with Gasteiger partial charge >= 0.3 is 0 Å². The molecule has 0 aliphatic carbocycles. The van der Waals surface area contributed by atoms with Gasteiger partial charge < -0.3 is 10.2 Å². The maximum absolute atomic E-state index is 12.2. The smallest absolute Gasteiger partial charge is 0.251 e. The lowest BCUT2D eigenvalue weighted by atomic mass is 10.0. The number of hydrogen-bond acceptors (Lipinski definition) is 3.